The van der Waals surface area contributed by atoms with Crippen molar-refractivity contribution in [2.24, 2.45) is 7.05 Å². The molecule has 0 bridgehead atoms. The lowest BCUT2D eigenvalue weighted by Crippen LogP contribution is -2.31. The topological polar surface area (TPSA) is 17.0 Å². The normalized spacial score (nSPS) is 13.9. The van der Waals surface area contributed by atoms with E-state index in [1.807, 2.05) is 31.2 Å². The maximum Gasteiger partial charge on any atom is 0.216 e. The SMILES string of the molecule is [2H]c1c(C([2H])([2H])[2H])ccc(-c2c(C)c(C)cc3c2oc2c(-c4ccccc4)cccc23)[n+]1C. The number of aryl methyl sites for hydroxylation is 2. The molecule has 5 aromatic rings. The van der Waals surface area contributed by atoms with E-state index >= 15 is 0 Å². The first kappa shape index (κ1) is 13.7. The Bertz CT molecular complexity index is 1530. The molecular formula is C27H24NO+. The van der Waals surface area contributed by atoms with Crippen LogP contribution < -0.4 is 4.57 Å². The van der Waals surface area contributed by atoms with Crippen LogP contribution in [0.25, 0.3) is 44.3 Å². The van der Waals surface area contributed by atoms with Crippen molar-refractivity contribution in [3.05, 3.63) is 89.6 Å². The number of benzene rings is 3. The maximum atomic E-state index is 8.50. The van der Waals surface area contributed by atoms with Crippen LogP contribution in [0.3, 0.4) is 0 Å². The molecule has 5 rings (SSSR count). The number of nitrogens with zero attached hydrogens (tertiary/aromatic N) is 1. The number of rotatable bonds is 2. The zero-order chi connectivity index (χ0) is 23.5. The average Bonchev–Trinajstić information content (AvgIpc) is 3.15. The van der Waals surface area contributed by atoms with Crippen LogP contribution in [0.2, 0.25) is 0 Å². The Morgan fingerprint density at radius 3 is 2.52 bits per heavy atom. The molecule has 0 aliphatic heterocycles. The second-order valence-corrected chi connectivity index (χ2v) is 7.52. The molecule has 0 aliphatic rings. The fourth-order valence-corrected chi connectivity index (χ4v) is 4.12. The van der Waals surface area contributed by atoms with Crippen molar-refractivity contribution >= 4 is 21.9 Å². The molecule has 0 saturated heterocycles. The summed E-state index contributed by atoms with van der Waals surface area (Å²) in [6, 6.07) is 21.8. The number of furan rings is 1. The molecule has 2 heterocycles. The second kappa shape index (κ2) is 6.59. The lowest BCUT2D eigenvalue weighted by Gasteiger charge is -2.09. The highest BCUT2D eigenvalue weighted by Crippen LogP contribution is 2.41. The molecular weight excluding hydrogens is 354 g/mol. The van der Waals surface area contributed by atoms with Crippen LogP contribution in [0, 0.1) is 20.7 Å². The third-order valence-corrected chi connectivity index (χ3v) is 5.71. The summed E-state index contributed by atoms with van der Waals surface area (Å²) in [7, 11) is 1.73. The number of hydrogen-bond donors (Lipinski definition) is 0. The number of hydrogen-bond acceptors (Lipinski definition) is 1. The molecule has 0 atom stereocenters. The Balaban J connectivity index is 1.86. The van der Waals surface area contributed by atoms with Crippen molar-refractivity contribution in [1.29, 1.82) is 0 Å². The molecule has 0 spiro atoms. The van der Waals surface area contributed by atoms with Gasteiger partial charge in [0.05, 0.1) is 5.56 Å². The molecule has 2 nitrogen and oxygen atoms in total. The molecule has 0 amide bonds. The number of aromatic nitrogens is 1. The summed E-state index contributed by atoms with van der Waals surface area (Å²) in [6.45, 7) is 1.77. The van der Waals surface area contributed by atoms with Crippen molar-refractivity contribution in [2.75, 3.05) is 0 Å². The van der Waals surface area contributed by atoms with Crippen LogP contribution in [0.1, 0.15) is 22.2 Å². The van der Waals surface area contributed by atoms with Gasteiger partial charge in [0, 0.05) is 32.1 Å². The molecule has 2 heteroatoms. The van der Waals surface area contributed by atoms with E-state index in [1.165, 1.54) is 6.07 Å². The molecule has 0 aliphatic carbocycles. The minimum absolute atomic E-state index is 0.0253. The zero-order valence-corrected chi connectivity index (χ0v) is 16.7. The van der Waals surface area contributed by atoms with Gasteiger partial charge in [0.2, 0.25) is 5.69 Å². The average molecular weight is 383 g/mol. The summed E-state index contributed by atoms with van der Waals surface area (Å²) in [5, 5.41) is 2.04. The van der Waals surface area contributed by atoms with Crippen LogP contribution in [0.4, 0.5) is 0 Å². The minimum atomic E-state index is -2.34. The number of para-hydroxylation sites is 1. The van der Waals surface area contributed by atoms with E-state index < -0.39 is 6.85 Å². The lowest BCUT2D eigenvalue weighted by molar-refractivity contribution is -0.660. The Hall–Kier alpha value is -3.39. The first-order valence-electron chi connectivity index (χ1n) is 11.7. The highest BCUT2D eigenvalue weighted by atomic mass is 16.3. The summed E-state index contributed by atoms with van der Waals surface area (Å²) >= 11 is 0. The van der Waals surface area contributed by atoms with E-state index in [1.54, 1.807) is 17.7 Å². The van der Waals surface area contributed by atoms with Gasteiger partial charge in [0.1, 0.15) is 19.6 Å². The van der Waals surface area contributed by atoms with Gasteiger partial charge in [0.25, 0.3) is 0 Å². The van der Waals surface area contributed by atoms with Gasteiger partial charge in [-0.3, -0.25) is 0 Å². The smallest absolute Gasteiger partial charge is 0.216 e. The van der Waals surface area contributed by atoms with Gasteiger partial charge in [-0.05, 0) is 49.5 Å². The molecule has 0 fully saturated rings. The first-order valence-corrected chi connectivity index (χ1v) is 9.70. The van der Waals surface area contributed by atoms with Gasteiger partial charge in [-0.15, -0.1) is 0 Å². The van der Waals surface area contributed by atoms with Crippen molar-refractivity contribution in [1.82, 2.24) is 0 Å². The molecule has 3 aromatic carbocycles. The van der Waals surface area contributed by atoms with Gasteiger partial charge in [-0.1, -0.05) is 48.5 Å². The lowest BCUT2D eigenvalue weighted by atomic mass is 9.95. The quantitative estimate of drug-likeness (QED) is 0.312. The van der Waals surface area contributed by atoms with Crippen LogP contribution >= 0.6 is 0 Å². The Morgan fingerprint density at radius 1 is 0.897 bits per heavy atom. The standard InChI is InChI=1S/C27H24NO/c1-17-13-14-24(28(4)16-17)25-19(3)18(2)15-23-22-12-8-11-21(26(22)29-27(23)25)20-9-6-5-7-10-20/h5-16H,1-4H3/q+1/i1D3,16D. The first-order chi connectivity index (χ1) is 15.7. The van der Waals surface area contributed by atoms with E-state index in [4.69, 9.17) is 9.90 Å². The Kier molecular flexibility index (Phi) is 3.12. The van der Waals surface area contributed by atoms with Crippen molar-refractivity contribution in [3.8, 4) is 22.4 Å². The van der Waals surface area contributed by atoms with Gasteiger partial charge in [0.15, 0.2) is 6.17 Å². The number of fused-ring (bicyclic) bond motifs is 3. The van der Waals surface area contributed by atoms with Gasteiger partial charge >= 0.3 is 0 Å². The largest absolute Gasteiger partial charge is 0.454 e. The van der Waals surface area contributed by atoms with Crippen molar-refractivity contribution < 1.29 is 14.5 Å². The van der Waals surface area contributed by atoms with Crippen molar-refractivity contribution in [2.45, 2.75) is 20.7 Å². The maximum absolute atomic E-state index is 8.50. The highest BCUT2D eigenvalue weighted by molar-refractivity contribution is 6.13. The predicted octanol–water partition coefficient (Wildman–Crippen LogP) is 6.67. The van der Waals surface area contributed by atoms with E-state index in [-0.39, 0.29) is 11.7 Å². The zero-order valence-electron chi connectivity index (χ0n) is 20.7. The van der Waals surface area contributed by atoms with E-state index in [0.717, 1.165) is 55.4 Å². The van der Waals surface area contributed by atoms with Crippen molar-refractivity contribution in [3.63, 3.8) is 0 Å². The molecule has 2 aromatic heterocycles. The monoisotopic (exact) mass is 382 g/mol. The van der Waals surface area contributed by atoms with Crippen LogP contribution in [0.5, 0.6) is 0 Å². The molecule has 142 valence electrons. The third-order valence-electron chi connectivity index (χ3n) is 5.71. The molecule has 0 radical (unpaired) electrons. The fourth-order valence-electron chi connectivity index (χ4n) is 4.12. The second-order valence-electron chi connectivity index (χ2n) is 7.52. The van der Waals surface area contributed by atoms with E-state index in [2.05, 4.69) is 37.3 Å². The van der Waals surface area contributed by atoms with Gasteiger partial charge < -0.3 is 4.42 Å². The summed E-state index contributed by atoms with van der Waals surface area (Å²) in [4.78, 5) is 0. The molecule has 29 heavy (non-hydrogen) atoms. The predicted molar refractivity (Wildman–Crippen MR) is 120 cm³/mol. The Morgan fingerprint density at radius 2 is 1.72 bits per heavy atom. The van der Waals surface area contributed by atoms with Gasteiger partial charge in [-0.2, -0.15) is 0 Å². The fraction of sp³-hybridized carbons (Fsp3) is 0.148. The summed E-state index contributed by atoms with van der Waals surface area (Å²) in [5.74, 6) is 0. The van der Waals surface area contributed by atoms with E-state index in [9.17, 15) is 0 Å². The number of pyridine rings is 1. The summed E-state index contributed by atoms with van der Waals surface area (Å²) in [6.07, 6.45) is -0.0253. The Labute approximate surface area is 176 Å². The van der Waals surface area contributed by atoms with E-state index in [0.29, 0.717) is 0 Å². The van der Waals surface area contributed by atoms with Crippen LogP contribution in [-0.2, 0) is 7.05 Å². The summed E-state index contributed by atoms with van der Waals surface area (Å²) < 4.78 is 40.0. The highest BCUT2D eigenvalue weighted by Gasteiger charge is 2.23. The van der Waals surface area contributed by atoms with Gasteiger partial charge in [-0.25, -0.2) is 4.57 Å². The van der Waals surface area contributed by atoms with Crippen LogP contribution in [-0.4, -0.2) is 0 Å². The minimum Gasteiger partial charge on any atom is -0.454 e. The molecule has 0 unspecified atom stereocenters. The molecule has 0 saturated carbocycles. The molecule has 0 N–H and O–H groups in total. The van der Waals surface area contributed by atoms with Crippen LogP contribution in [0.15, 0.2) is 77.3 Å². The summed E-state index contributed by atoms with van der Waals surface area (Å²) in [5.41, 5.74) is 7.48. The third kappa shape index (κ3) is 2.75.